The van der Waals surface area contributed by atoms with Gasteiger partial charge >= 0.3 is 0 Å². The van der Waals surface area contributed by atoms with Crippen molar-refractivity contribution >= 4 is 50.9 Å². The van der Waals surface area contributed by atoms with Crippen LogP contribution in [0.5, 0.6) is 0 Å². The number of benzene rings is 3. The van der Waals surface area contributed by atoms with Crippen molar-refractivity contribution in [3.05, 3.63) is 72.8 Å². The van der Waals surface area contributed by atoms with Crippen molar-refractivity contribution in [1.29, 1.82) is 0 Å². The van der Waals surface area contributed by atoms with Gasteiger partial charge in [-0.25, -0.2) is 15.0 Å². The first-order valence-electron chi connectivity index (χ1n) is 18.0. The highest BCUT2D eigenvalue weighted by Gasteiger charge is 2.24. The van der Waals surface area contributed by atoms with E-state index in [1.165, 1.54) is 38.5 Å². The molecule has 9 nitrogen and oxygen atoms in total. The third kappa shape index (κ3) is 7.94. The second kappa shape index (κ2) is 15.6. The number of nitrogen functional groups attached to an aromatic ring is 3. The Morgan fingerprint density at radius 1 is 0.521 bits per heavy atom. The van der Waals surface area contributed by atoms with Gasteiger partial charge in [0, 0.05) is 12.1 Å². The number of aromatic nitrogens is 6. The van der Waals surface area contributed by atoms with Gasteiger partial charge in [0.25, 0.3) is 0 Å². The summed E-state index contributed by atoms with van der Waals surface area (Å²) in [7, 11) is 0. The van der Waals surface area contributed by atoms with Gasteiger partial charge in [0.15, 0.2) is 5.95 Å². The van der Waals surface area contributed by atoms with Crippen molar-refractivity contribution in [3.8, 4) is 0 Å². The van der Waals surface area contributed by atoms with E-state index < -0.39 is 0 Å². The minimum Gasteiger partial charge on any atom is -0.369 e. The molecular weight excluding hydrogens is 594 g/mol. The summed E-state index contributed by atoms with van der Waals surface area (Å²) in [4.78, 5) is 16.1. The molecule has 2 aliphatic rings. The van der Waals surface area contributed by atoms with Gasteiger partial charge in [0.2, 0.25) is 11.9 Å². The lowest BCUT2D eigenvalue weighted by Crippen LogP contribution is -2.18. The van der Waals surface area contributed by atoms with Gasteiger partial charge in [0.1, 0.15) is 0 Å². The zero-order valence-electron chi connectivity index (χ0n) is 28.7. The van der Waals surface area contributed by atoms with Crippen LogP contribution in [-0.2, 0) is 0 Å². The van der Waals surface area contributed by atoms with Gasteiger partial charge in [-0.3, -0.25) is 0 Å². The predicted octanol–water partition coefficient (Wildman–Crippen LogP) is 9.44. The molecule has 3 aromatic heterocycles. The van der Waals surface area contributed by atoms with E-state index in [0.717, 1.165) is 83.5 Å². The number of nitrogens with zero attached hydrogens (tertiary/aromatic N) is 5. The summed E-state index contributed by atoms with van der Waals surface area (Å²) < 4.78 is 4.49. The molecule has 254 valence electrons. The molecule has 0 aliphatic heterocycles. The standard InChI is InChI=1S/C22H26N6.C10H20.C7H7N3/c23-21-25-17-11-1-3-13-19(17)27(21)15-7-5-9-16(10-6-8-15)28-20-14-4-2-12-18(20)26-22(28)24;1-9-5-3-7-10(2)8-4-6-9;8-7-9-5-3-1-2-4-6(5)10-7/h1-4,11-16H,5-10H2,(H2,23,25)(H2,24,26);9-10H,3-8H2,1-2H3;1-4H,(H3,8,9,10). The maximum Gasteiger partial charge on any atom is 0.201 e. The van der Waals surface area contributed by atoms with Crippen LogP contribution in [0.15, 0.2) is 72.8 Å². The Labute approximate surface area is 284 Å². The van der Waals surface area contributed by atoms with E-state index in [1.807, 2.05) is 48.5 Å². The first-order valence-corrected chi connectivity index (χ1v) is 18.0. The van der Waals surface area contributed by atoms with Crippen LogP contribution in [0, 0.1) is 11.8 Å². The Balaban J connectivity index is 0.000000163. The molecule has 2 saturated carbocycles. The number of hydrogen-bond donors (Lipinski definition) is 4. The van der Waals surface area contributed by atoms with E-state index in [2.05, 4.69) is 67.2 Å². The van der Waals surface area contributed by atoms with Crippen molar-refractivity contribution in [3.63, 3.8) is 0 Å². The van der Waals surface area contributed by atoms with E-state index in [-0.39, 0.29) is 0 Å². The van der Waals surface area contributed by atoms with Crippen LogP contribution in [0.3, 0.4) is 0 Å². The smallest absolute Gasteiger partial charge is 0.201 e. The third-order valence-electron chi connectivity index (χ3n) is 10.3. The number of hydrogen-bond acceptors (Lipinski definition) is 6. The number of aromatic amines is 1. The van der Waals surface area contributed by atoms with Crippen LogP contribution in [0.1, 0.15) is 103 Å². The Morgan fingerprint density at radius 2 is 0.917 bits per heavy atom. The van der Waals surface area contributed by atoms with E-state index >= 15 is 0 Å². The van der Waals surface area contributed by atoms with Gasteiger partial charge in [-0.2, -0.15) is 0 Å². The van der Waals surface area contributed by atoms with Gasteiger partial charge in [-0.1, -0.05) is 88.8 Å². The molecule has 48 heavy (non-hydrogen) atoms. The van der Waals surface area contributed by atoms with E-state index in [1.54, 1.807) is 0 Å². The fourth-order valence-electron chi connectivity index (χ4n) is 7.77. The molecule has 0 spiro atoms. The topological polar surface area (TPSA) is 142 Å². The van der Waals surface area contributed by atoms with Crippen LogP contribution < -0.4 is 17.2 Å². The summed E-state index contributed by atoms with van der Waals surface area (Å²) >= 11 is 0. The lowest BCUT2D eigenvalue weighted by atomic mass is 9.88. The monoisotopic (exact) mass is 647 g/mol. The van der Waals surface area contributed by atoms with Crippen LogP contribution in [0.4, 0.5) is 17.8 Å². The molecule has 7 N–H and O–H groups in total. The van der Waals surface area contributed by atoms with Gasteiger partial charge in [0.05, 0.1) is 33.1 Å². The molecule has 0 amide bonds. The number of para-hydroxylation sites is 6. The molecule has 0 bridgehead atoms. The number of fused-ring (bicyclic) bond motifs is 3. The summed E-state index contributed by atoms with van der Waals surface area (Å²) in [6.07, 6.45) is 15.5. The fraction of sp³-hybridized carbons (Fsp3) is 0.462. The average Bonchev–Trinajstić information content (AvgIpc) is 3.71. The van der Waals surface area contributed by atoms with Gasteiger partial charge in [-0.05, 0) is 86.8 Å². The molecule has 9 heteroatoms. The first-order chi connectivity index (χ1) is 23.4. The fourth-order valence-corrected chi connectivity index (χ4v) is 7.77. The first kappa shape index (κ1) is 33.4. The zero-order valence-corrected chi connectivity index (χ0v) is 28.7. The molecule has 2 aliphatic carbocycles. The molecule has 0 radical (unpaired) electrons. The van der Waals surface area contributed by atoms with E-state index in [0.29, 0.717) is 29.9 Å². The molecule has 3 aromatic carbocycles. The lowest BCUT2D eigenvalue weighted by Gasteiger charge is -2.28. The molecule has 6 aromatic rings. The van der Waals surface area contributed by atoms with Crippen molar-refractivity contribution in [1.82, 2.24) is 29.1 Å². The van der Waals surface area contributed by atoms with Crippen LogP contribution in [0.2, 0.25) is 0 Å². The second-order valence-electron chi connectivity index (χ2n) is 14.0. The molecule has 0 atom stereocenters. The summed E-state index contributed by atoms with van der Waals surface area (Å²) in [6, 6.07) is 25.0. The minimum absolute atomic E-state index is 0.408. The number of rotatable bonds is 2. The predicted molar refractivity (Wildman–Crippen MR) is 201 cm³/mol. The Kier molecular flexibility index (Phi) is 10.8. The van der Waals surface area contributed by atoms with Crippen LogP contribution in [0.25, 0.3) is 33.1 Å². The molecule has 2 fully saturated rings. The number of imidazole rings is 3. The summed E-state index contributed by atoms with van der Waals surface area (Å²) in [5, 5.41) is 0. The molecule has 3 heterocycles. The Bertz CT molecular complexity index is 1750. The normalized spacial score (nSPS) is 22.0. The maximum atomic E-state index is 6.28. The zero-order chi connectivity index (χ0) is 33.5. The summed E-state index contributed by atoms with van der Waals surface area (Å²) in [6.45, 7) is 4.80. The third-order valence-corrected chi connectivity index (χ3v) is 10.3. The molecular formula is C39H53N9. The number of nitrogens with two attached hydrogens (primary N) is 3. The number of H-pyrrole nitrogens is 1. The molecule has 0 unspecified atom stereocenters. The maximum absolute atomic E-state index is 6.28. The molecule has 0 saturated heterocycles. The highest BCUT2D eigenvalue weighted by Crippen LogP contribution is 2.37. The quantitative estimate of drug-likeness (QED) is 0.147. The number of nitrogens with one attached hydrogen (secondary N) is 1. The minimum atomic E-state index is 0.408. The number of anilines is 3. The summed E-state index contributed by atoms with van der Waals surface area (Å²) in [5.41, 5.74) is 24.2. The average molecular weight is 648 g/mol. The molecule has 8 rings (SSSR count). The van der Waals surface area contributed by atoms with E-state index in [4.69, 9.17) is 17.2 Å². The largest absolute Gasteiger partial charge is 0.369 e. The van der Waals surface area contributed by atoms with Crippen LogP contribution >= 0.6 is 0 Å². The van der Waals surface area contributed by atoms with Crippen molar-refractivity contribution in [2.24, 2.45) is 11.8 Å². The van der Waals surface area contributed by atoms with Crippen molar-refractivity contribution < 1.29 is 0 Å². The summed E-state index contributed by atoms with van der Waals surface area (Å²) in [5.74, 6) is 3.75. The van der Waals surface area contributed by atoms with Gasteiger partial charge < -0.3 is 31.3 Å². The highest BCUT2D eigenvalue weighted by molar-refractivity contribution is 5.79. The Hall–Kier alpha value is -4.53. The second-order valence-corrected chi connectivity index (χ2v) is 14.0. The van der Waals surface area contributed by atoms with Crippen molar-refractivity contribution in [2.75, 3.05) is 17.2 Å². The van der Waals surface area contributed by atoms with Crippen molar-refractivity contribution in [2.45, 2.75) is 103 Å². The lowest BCUT2D eigenvalue weighted by molar-refractivity contribution is 0.324. The van der Waals surface area contributed by atoms with Crippen LogP contribution in [-0.4, -0.2) is 29.1 Å². The SMILES string of the molecule is CC1CCCC(C)CCC1.Nc1nc2ccccc2[nH]1.Nc1nc2ccccc2n1C1CCCC(n2c(N)nc3ccccc32)CCC1. The highest BCUT2D eigenvalue weighted by atomic mass is 15.2. The van der Waals surface area contributed by atoms with Gasteiger partial charge in [-0.15, -0.1) is 0 Å². The Morgan fingerprint density at radius 3 is 1.38 bits per heavy atom. The van der Waals surface area contributed by atoms with E-state index in [9.17, 15) is 0 Å².